The molecule has 0 fully saturated rings. The summed E-state index contributed by atoms with van der Waals surface area (Å²) in [6, 6.07) is 7.37. The first-order valence-corrected chi connectivity index (χ1v) is 6.63. The zero-order valence-electron chi connectivity index (χ0n) is 11.6. The number of rotatable bonds is 4. The highest BCUT2D eigenvalue weighted by atomic mass is 16.3. The zero-order chi connectivity index (χ0) is 14.0. The monoisotopic (exact) mass is 260 g/mol. The quantitative estimate of drug-likeness (QED) is 0.858. The third kappa shape index (κ3) is 2.57. The summed E-state index contributed by atoms with van der Waals surface area (Å²) >= 11 is 0. The van der Waals surface area contributed by atoms with Crippen LogP contribution in [0.4, 0.5) is 5.69 Å². The van der Waals surface area contributed by atoms with Crippen molar-refractivity contribution in [3.63, 3.8) is 0 Å². The molecule has 2 N–H and O–H groups in total. The molecule has 19 heavy (non-hydrogen) atoms. The average Bonchev–Trinajstić information content (AvgIpc) is 2.81. The number of carbonyl (C=O) groups excluding carboxylic acids is 1. The van der Waals surface area contributed by atoms with E-state index in [1.54, 1.807) is 23.1 Å². The van der Waals surface area contributed by atoms with Crippen LogP contribution in [0.15, 0.2) is 28.7 Å². The van der Waals surface area contributed by atoms with E-state index in [2.05, 4.69) is 13.8 Å². The molecule has 0 spiro atoms. The maximum atomic E-state index is 12.4. The third-order valence-electron chi connectivity index (χ3n) is 3.56. The van der Waals surface area contributed by atoms with E-state index in [0.29, 0.717) is 17.0 Å². The summed E-state index contributed by atoms with van der Waals surface area (Å²) in [6.45, 7) is 4.16. The number of amides is 1. The molecule has 102 valence electrons. The number of anilines is 1. The predicted molar refractivity (Wildman–Crippen MR) is 77.1 cm³/mol. The number of nitrogens with two attached hydrogens (primary N) is 1. The van der Waals surface area contributed by atoms with Gasteiger partial charge >= 0.3 is 0 Å². The van der Waals surface area contributed by atoms with Gasteiger partial charge < -0.3 is 15.1 Å². The van der Waals surface area contributed by atoms with Gasteiger partial charge in [0.15, 0.2) is 5.76 Å². The standard InChI is InChI=1S/C15H20N2O2/c1-4-12(5-2)17(3)15(18)14-9-10-8-11(16)6-7-13(10)19-14/h6-9,12H,4-5,16H2,1-3H3. The lowest BCUT2D eigenvalue weighted by Gasteiger charge is -2.25. The van der Waals surface area contributed by atoms with E-state index in [1.807, 2.05) is 13.1 Å². The Morgan fingerprint density at radius 1 is 1.32 bits per heavy atom. The number of nitrogen functional groups attached to an aromatic ring is 1. The van der Waals surface area contributed by atoms with Crippen LogP contribution in [0.25, 0.3) is 11.0 Å². The molecule has 1 aromatic heterocycles. The Morgan fingerprint density at radius 2 is 2.00 bits per heavy atom. The van der Waals surface area contributed by atoms with Crippen LogP contribution in [0.3, 0.4) is 0 Å². The van der Waals surface area contributed by atoms with E-state index < -0.39 is 0 Å². The number of fused-ring (bicyclic) bond motifs is 1. The highest BCUT2D eigenvalue weighted by molar-refractivity contribution is 5.96. The number of benzene rings is 1. The molecule has 0 unspecified atom stereocenters. The molecule has 4 heteroatoms. The zero-order valence-corrected chi connectivity index (χ0v) is 11.6. The fraction of sp³-hybridized carbons (Fsp3) is 0.400. The lowest BCUT2D eigenvalue weighted by molar-refractivity contribution is 0.0694. The minimum absolute atomic E-state index is 0.0801. The van der Waals surface area contributed by atoms with Gasteiger partial charge in [-0.1, -0.05) is 13.8 Å². The lowest BCUT2D eigenvalue weighted by Crippen LogP contribution is -2.36. The fourth-order valence-electron chi connectivity index (χ4n) is 2.34. The first-order chi connectivity index (χ1) is 9.06. The van der Waals surface area contributed by atoms with Crippen molar-refractivity contribution in [2.45, 2.75) is 32.7 Å². The second kappa shape index (κ2) is 5.34. The van der Waals surface area contributed by atoms with Gasteiger partial charge in [-0.25, -0.2) is 0 Å². The van der Waals surface area contributed by atoms with Crippen LogP contribution in [0.2, 0.25) is 0 Å². The number of nitrogens with zero attached hydrogens (tertiary/aromatic N) is 1. The highest BCUT2D eigenvalue weighted by Crippen LogP contribution is 2.23. The molecule has 4 nitrogen and oxygen atoms in total. The molecular formula is C15H20N2O2. The predicted octanol–water partition coefficient (Wildman–Crippen LogP) is 3.28. The van der Waals surface area contributed by atoms with Crippen molar-refractivity contribution >= 4 is 22.6 Å². The van der Waals surface area contributed by atoms with Crippen molar-refractivity contribution in [1.82, 2.24) is 4.90 Å². The average molecular weight is 260 g/mol. The molecule has 0 bridgehead atoms. The molecule has 0 saturated heterocycles. The van der Waals surface area contributed by atoms with Crippen molar-refractivity contribution in [2.24, 2.45) is 0 Å². The van der Waals surface area contributed by atoms with Crippen LogP contribution in [0, 0.1) is 0 Å². The molecular weight excluding hydrogens is 240 g/mol. The normalized spacial score (nSPS) is 11.2. The summed E-state index contributed by atoms with van der Waals surface area (Å²) in [4.78, 5) is 14.1. The van der Waals surface area contributed by atoms with E-state index in [0.717, 1.165) is 18.2 Å². The van der Waals surface area contributed by atoms with E-state index in [9.17, 15) is 4.79 Å². The van der Waals surface area contributed by atoms with Gasteiger partial charge in [-0.05, 0) is 37.1 Å². The Bertz CT molecular complexity index is 585. The van der Waals surface area contributed by atoms with Gasteiger partial charge in [0.2, 0.25) is 0 Å². The number of carbonyl (C=O) groups is 1. The fourth-order valence-corrected chi connectivity index (χ4v) is 2.34. The van der Waals surface area contributed by atoms with Crippen LogP contribution >= 0.6 is 0 Å². The molecule has 0 aliphatic carbocycles. The molecule has 2 aromatic rings. The van der Waals surface area contributed by atoms with Crippen LogP contribution in [-0.2, 0) is 0 Å². The molecule has 1 amide bonds. The Labute approximate surface area is 113 Å². The lowest BCUT2D eigenvalue weighted by atomic mass is 10.1. The van der Waals surface area contributed by atoms with Gasteiger partial charge in [0.25, 0.3) is 5.91 Å². The topological polar surface area (TPSA) is 59.5 Å². The van der Waals surface area contributed by atoms with E-state index >= 15 is 0 Å². The minimum atomic E-state index is -0.0801. The van der Waals surface area contributed by atoms with Gasteiger partial charge in [0.05, 0.1) is 0 Å². The third-order valence-corrected chi connectivity index (χ3v) is 3.56. The van der Waals surface area contributed by atoms with Crippen molar-refractivity contribution in [3.8, 4) is 0 Å². The van der Waals surface area contributed by atoms with Crippen LogP contribution in [0.1, 0.15) is 37.2 Å². The minimum Gasteiger partial charge on any atom is -0.451 e. The summed E-state index contributed by atoms with van der Waals surface area (Å²) in [5.41, 5.74) is 7.08. The second-order valence-electron chi connectivity index (χ2n) is 4.79. The summed E-state index contributed by atoms with van der Waals surface area (Å²) in [5.74, 6) is 0.290. The molecule has 0 aliphatic heterocycles. The van der Waals surface area contributed by atoms with E-state index in [4.69, 9.17) is 10.2 Å². The highest BCUT2D eigenvalue weighted by Gasteiger charge is 2.21. The van der Waals surface area contributed by atoms with Crippen LogP contribution in [-0.4, -0.2) is 23.9 Å². The Morgan fingerprint density at radius 3 is 2.63 bits per heavy atom. The molecule has 1 heterocycles. The first kappa shape index (κ1) is 13.5. The van der Waals surface area contributed by atoms with Gasteiger partial charge in [-0.2, -0.15) is 0 Å². The maximum Gasteiger partial charge on any atom is 0.289 e. The second-order valence-corrected chi connectivity index (χ2v) is 4.79. The Balaban J connectivity index is 2.31. The smallest absolute Gasteiger partial charge is 0.289 e. The Hall–Kier alpha value is -1.97. The largest absolute Gasteiger partial charge is 0.451 e. The molecule has 0 aliphatic rings. The van der Waals surface area contributed by atoms with Crippen LogP contribution < -0.4 is 5.73 Å². The van der Waals surface area contributed by atoms with E-state index in [-0.39, 0.29) is 11.9 Å². The van der Waals surface area contributed by atoms with Gasteiger partial charge in [0, 0.05) is 24.2 Å². The van der Waals surface area contributed by atoms with Crippen molar-refractivity contribution in [3.05, 3.63) is 30.0 Å². The van der Waals surface area contributed by atoms with E-state index in [1.165, 1.54) is 0 Å². The summed E-state index contributed by atoms with van der Waals surface area (Å²) in [7, 11) is 1.82. The maximum absolute atomic E-state index is 12.4. The van der Waals surface area contributed by atoms with Gasteiger partial charge in [0.1, 0.15) is 5.58 Å². The summed E-state index contributed by atoms with van der Waals surface area (Å²) in [6.07, 6.45) is 1.87. The van der Waals surface area contributed by atoms with Gasteiger partial charge in [-0.15, -0.1) is 0 Å². The van der Waals surface area contributed by atoms with Crippen molar-refractivity contribution < 1.29 is 9.21 Å². The molecule has 1 aromatic carbocycles. The van der Waals surface area contributed by atoms with Crippen molar-refractivity contribution in [1.29, 1.82) is 0 Å². The summed E-state index contributed by atoms with van der Waals surface area (Å²) in [5, 5.41) is 0.862. The molecule has 2 rings (SSSR count). The van der Waals surface area contributed by atoms with Crippen molar-refractivity contribution in [2.75, 3.05) is 12.8 Å². The first-order valence-electron chi connectivity index (χ1n) is 6.63. The molecule has 0 saturated carbocycles. The number of hydrogen-bond acceptors (Lipinski definition) is 3. The Kier molecular flexibility index (Phi) is 3.79. The SMILES string of the molecule is CCC(CC)N(C)C(=O)c1cc2cc(N)ccc2o1. The summed E-state index contributed by atoms with van der Waals surface area (Å²) < 4.78 is 5.60. The number of hydrogen-bond donors (Lipinski definition) is 1. The number of furan rings is 1. The molecule has 0 atom stereocenters. The van der Waals surface area contributed by atoms with Gasteiger partial charge in [-0.3, -0.25) is 4.79 Å². The molecule has 0 radical (unpaired) electrons. The van der Waals surface area contributed by atoms with Crippen LogP contribution in [0.5, 0.6) is 0 Å².